The Bertz CT molecular complexity index is 3220. The molecule has 10 rings (SSSR count). The van der Waals surface area contributed by atoms with E-state index in [1.54, 1.807) is 0 Å². The van der Waals surface area contributed by atoms with Crippen molar-refractivity contribution in [3.05, 3.63) is 211 Å². The van der Waals surface area contributed by atoms with Gasteiger partial charge in [0.15, 0.2) is 17.3 Å². The molecule has 0 atom stereocenters. The normalized spacial score (nSPS) is 14.2. The van der Waals surface area contributed by atoms with Gasteiger partial charge in [-0.3, -0.25) is 14.4 Å². The van der Waals surface area contributed by atoms with Gasteiger partial charge in [0.25, 0.3) is 0 Å². The largest absolute Gasteiger partial charge is 0.289 e. The number of hydrogen-bond donors (Lipinski definition) is 0. The van der Waals surface area contributed by atoms with Gasteiger partial charge in [-0.2, -0.15) is 0 Å². The van der Waals surface area contributed by atoms with E-state index >= 15 is 14.4 Å². The van der Waals surface area contributed by atoms with Crippen molar-refractivity contribution in [1.82, 2.24) is 0 Å². The third-order valence-electron chi connectivity index (χ3n) is 22.0. The van der Waals surface area contributed by atoms with Gasteiger partial charge in [-0.15, -0.1) is 0 Å². The first kappa shape index (κ1) is 66.5. The zero-order chi connectivity index (χ0) is 63.4. The van der Waals surface area contributed by atoms with Gasteiger partial charge in [0, 0.05) is 49.6 Å². The second-order valence-corrected chi connectivity index (χ2v) is 28.1. The maximum Gasteiger partial charge on any atom is 0.193 e. The van der Waals surface area contributed by atoms with Crippen molar-refractivity contribution in [3.63, 3.8) is 0 Å². The maximum absolute atomic E-state index is 15.4. The van der Waals surface area contributed by atoms with Crippen molar-refractivity contribution >= 4 is 17.3 Å². The van der Waals surface area contributed by atoms with E-state index in [1.165, 1.54) is 105 Å². The van der Waals surface area contributed by atoms with Crippen molar-refractivity contribution in [2.75, 3.05) is 0 Å². The summed E-state index contributed by atoms with van der Waals surface area (Å²) in [7, 11) is 0. The van der Waals surface area contributed by atoms with Gasteiger partial charge >= 0.3 is 0 Å². The van der Waals surface area contributed by atoms with Crippen molar-refractivity contribution in [2.45, 2.75) is 271 Å². The first-order chi connectivity index (χ1) is 43.9. The molecule has 0 bridgehead atoms. The van der Waals surface area contributed by atoms with Crippen LogP contribution in [-0.2, 0) is 16.2 Å². The Morgan fingerprint density at radius 2 is 0.500 bits per heavy atom. The van der Waals surface area contributed by atoms with Crippen LogP contribution in [-0.4, -0.2) is 17.3 Å². The lowest BCUT2D eigenvalue weighted by Crippen LogP contribution is -2.31. The summed E-state index contributed by atoms with van der Waals surface area (Å²) >= 11 is 0. The molecule has 0 spiro atoms. The maximum atomic E-state index is 15.4. The minimum atomic E-state index is -0.405. The van der Waals surface area contributed by atoms with E-state index in [0.29, 0.717) is 0 Å². The first-order valence-electron chi connectivity index (χ1n) is 36.4. The summed E-state index contributed by atoms with van der Waals surface area (Å²) in [6.45, 7) is 20.3. The Labute approximate surface area is 544 Å². The summed E-state index contributed by atoms with van der Waals surface area (Å²) < 4.78 is 0. The molecule has 3 heteroatoms. The molecule has 3 aliphatic rings. The smallest absolute Gasteiger partial charge is 0.193 e. The van der Waals surface area contributed by atoms with E-state index in [0.717, 1.165) is 204 Å². The van der Waals surface area contributed by atoms with Crippen LogP contribution in [0.5, 0.6) is 0 Å². The van der Waals surface area contributed by atoms with Crippen LogP contribution in [0.25, 0.3) is 33.4 Å². The highest BCUT2D eigenvalue weighted by molar-refractivity contribution is 6.14. The molecular formula is C87H108O3. The summed E-state index contributed by atoms with van der Waals surface area (Å²) in [4.78, 5) is 46.3. The molecule has 3 nitrogen and oxygen atoms in total. The van der Waals surface area contributed by atoms with E-state index in [2.05, 4.69) is 135 Å². The van der Waals surface area contributed by atoms with Gasteiger partial charge in [0.2, 0.25) is 0 Å². The molecule has 0 radical (unpaired) electrons. The monoisotopic (exact) mass is 1200 g/mol. The molecule has 7 aromatic rings. The van der Waals surface area contributed by atoms with E-state index in [1.807, 2.05) is 54.6 Å². The van der Waals surface area contributed by atoms with Crippen LogP contribution in [0.2, 0.25) is 0 Å². The van der Waals surface area contributed by atoms with E-state index in [9.17, 15) is 0 Å². The van der Waals surface area contributed by atoms with E-state index in [-0.39, 0.29) is 17.3 Å². The molecule has 0 N–H and O–H groups in total. The molecule has 0 aromatic heterocycles. The van der Waals surface area contributed by atoms with Crippen LogP contribution in [0, 0.1) is 20.8 Å². The van der Waals surface area contributed by atoms with Crippen LogP contribution in [0.15, 0.2) is 127 Å². The van der Waals surface area contributed by atoms with Crippen molar-refractivity contribution in [1.29, 1.82) is 0 Å². The zero-order valence-corrected chi connectivity index (χ0v) is 57.1. The topological polar surface area (TPSA) is 51.2 Å². The van der Waals surface area contributed by atoms with E-state index in [4.69, 9.17) is 0 Å². The summed E-state index contributed by atoms with van der Waals surface area (Å²) in [6.07, 6.45) is 33.7. The van der Waals surface area contributed by atoms with Crippen LogP contribution in [0.3, 0.4) is 0 Å². The molecule has 0 unspecified atom stereocenters. The number of hydrogen-bond acceptors (Lipinski definition) is 3. The fraction of sp³-hybridized carbons (Fsp3) is 0.483. The molecule has 474 valence electrons. The molecular weight excluding hydrogens is 1090 g/mol. The van der Waals surface area contributed by atoms with Gasteiger partial charge in [0.1, 0.15) is 0 Å². The Balaban J connectivity index is 1.42. The number of rotatable bonds is 36. The third kappa shape index (κ3) is 12.8. The molecule has 0 saturated heterocycles. The number of fused-ring (bicyclic) bond motifs is 12. The van der Waals surface area contributed by atoms with Crippen molar-refractivity contribution in [3.8, 4) is 33.4 Å². The molecule has 0 fully saturated rings. The minimum absolute atomic E-state index is 0.0991. The summed E-state index contributed by atoms with van der Waals surface area (Å²) in [6, 6.07) is 45.7. The standard InChI is InChI=1S/C87H108O3/c1-10-16-22-34-52-85(53-35-23-17-11-2)73-58-64(82(88)67-43-31-28-40-61(67)7)46-49-70(73)76-79(85)77-71-50-47-65(83(89)68-44-32-29-41-62(68)8)59-74(71)86(54-36-24-18-12-3,55-37-25-19-13-4)81(77)78-72-51-48-66(84(90)69-45-33-30-42-63(69)9)60-75(72)87(80(76)78,56-38-26-20-14-5)57-39-27-21-15-6/h28-33,40-51,58-60H,10-27,34-39,52-57H2,1-9H3. The average molecular weight is 1200 g/mol. The zero-order valence-electron chi connectivity index (χ0n) is 57.1. The number of ketones is 3. The Morgan fingerprint density at radius 3 is 0.711 bits per heavy atom. The summed E-state index contributed by atoms with van der Waals surface area (Å²) in [5.41, 5.74) is 23.4. The second kappa shape index (κ2) is 30.3. The molecule has 0 heterocycles. The van der Waals surface area contributed by atoms with Crippen LogP contribution >= 0.6 is 0 Å². The average Bonchev–Trinajstić information content (AvgIpc) is 1.48. The predicted molar refractivity (Wildman–Crippen MR) is 381 cm³/mol. The first-order valence-corrected chi connectivity index (χ1v) is 36.4. The van der Waals surface area contributed by atoms with Gasteiger partial charge in [0.05, 0.1) is 0 Å². The Morgan fingerprint density at radius 1 is 0.278 bits per heavy atom. The van der Waals surface area contributed by atoms with Gasteiger partial charge < -0.3 is 0 Å². The lowest BCUT2D eigenvalue weighted by Gasteiger charge is -2.40. The molecule has 0 amide bonds. The summed E-state index contributed by atoms with van der Waals surface area (Å²) in [5.74, 6) is 0.297. The Kier molecular flexibility index (Phi) is 22.4. The highest BCUT2D eigenvalue weighted by Gasteiger charge is 2.58. The summed E-state index contributed by atoms with van der Waals surface area (Å²) in [5, 5.41) is 0. The highest BCUT2D eigenvalue weighted by Crippen LogP contribution is 2.72. The minimum Gasteiger partial charge on any atom is -0.289 e. The molecule has 7 aromatic carbocycles. The van der Waals surface area contributed by atoms with Crippen LogP contribution < -0.4 is 0 Å². The quantitative estimate of drug-likeness (QED) is 0.0290. The highest BCUT2D eigenvalue weighted by atomic mass is 16.1. The fourth-order valence-corrected chi connectivity index (χ4v) is 17.3. The molecule has 90 heavy (non-hydrogen) atoms. The van der Waals surface area contributed by atoms with Gasteiger partial charge in [-0.25, -0.2) is 0 Å². The molecule has 0 saturated carbocycles. The predicted octanol–water partition coefficient (Wildman–Crippen LogP) is 24.9. The van der Waals surface area contributed by atoms with Crippen LogP contribution in [0.1, 0.15) is 332 Å². The lowest BCUT2D eigenvalue weighted by molar-refractivity contribution is 0.103. The SMILES string of the molecule is CCCCCCC1(CCCCCC)c2cc(C(=O)c3ccccc3C)ccc2-c2c1c1c(c3c2C(CCCCCC)(CCCCCC)c2cc(C(=O)c4ccccc4C)ccc2-3)C(CCCCCC)(CCCCCC)c2cc(C(=O)c3ccccc3C)ccc2-1. The van der Waals surface area contributed by atoms with Crippen molar-refractivity contribution in [2.24, 2.45) is 0 Å². The number of aryl methyl sites for hydroxylation is 3. The van der Waals surface area contributed by atoms with Gasteiger partial charge in [-0.1, -0.05) is 305 Å². The third-order valence-corrected chi connectivity index (χ3v) is 22.0. The Hall–Kier alpha value is -6.45. The van der Waals surface area contributed by atoms with Gasteiger partial charge in [-0.05, 0) is 161 Å². The number of carbonyl (C=O) groups is 3. The fourth-order valence-electron chi connectivity index (χ4n) is 17.3. The van der Waals surface area contributed by atoms with Crippen LogP contribution in [0.4, 0.5) is 0 Å². The number of unbranched alkanes of at least 4 members (excludes halogenated alkanes) is 18. The molecule has 0 aliphatic heterocycles. The van der Waals surface area contributed by atoms with E-state index < -0.39 is 16.2 Å². The second-order valence-electron chi connectivity index (χ2n) is 28.1. The number of carbonyl (C=O) groups excluding carboxylic acids is 3. The number of benzene rings is 7. The molecule has 3 aliphatic carbocycles. The van der Waals surface area contributed by atoms with Crippen molar-refractivity contribution < 1.29 is 14.4 Å². The lowest BCUT2D eigenvalue weighted by atomic mass is 9.63.